The van der Waals surface area contributed by atoms with Gasteiger partial charge >= 0.3 is 5.97 Å². The molecule has 9 N–H and O–H groups in total. The number of nitrogens with one attached hydrogen (secondary N) is 4. The molecule has 1 aromatic carbocycles. The van der Waals surface area contributed by atoms with Crippen molar-refractivity contribution < 1.29 is 96.6 Å². The van der Waals surface area contributed by atoms with E-state index in [2.05, 4.69) is 31.6 Å². The summed E-state index contributed by atoms with van der Waals surface area (Å²) in [6, 6.07) is 2.22. The van der Waals surface area contributed by atoms with E-state index in [4.69, 9.17) is 44.8 Å². The van der Waals surface area contributed by atoms with Crippen molar-refractivity contribution in [2.75, 3.05) is 98.9 Å². The zero-order valence-electron chi connectivity index (χ0n) is 42.5. The number of aliphatic hydroxyl groups excluding tert-OH is 4. The predicted octanol–water partition coefficient (Wildman–Crippen LogP) is -2.34. The molecule has 6 atom stereocenters. The number of carbonyl (C=O) groups excluding carboxylic acids is 6. The molecule has 0 bridgehead atoms. The SMILES string of the molecule is O=C(CCCCCCO[C@]1(C(=O)O)C[C@H](O)[C@@H](NC(=O)CO)[C@H]([C@H](O)[C@H](O)CNC(=O)Cc2ccc(Cl)c(F)c2)O1)NCCOCc1cn(CCOCCOCCOCCOCCC(=O)NCCN2C(=O)C=CC2=O)nn1. The highest BCUT2D eigenvalue weighted by atomic mass is 35.5. The Balaban J connectivity index is 0.983. The summed E-state index contributed by atoms with van der Waals surface area (Å²) in [4.78, 5) is 85.5. The lowest BCUT2D eigenvalue weighted by Gasteiger charge is -2.46. The molecule has 2 aliphatic heterocycles. The largest absolute Gasteiger partial charge is 0.477 e. The van der Waals surface area contributed by atoms with Crippen LogP contribution in [0.1, 0.15) is 56.2 Å². The summed E-state index contributed by atoms with van der Waals surface area (Å²) >= 11 is 5.68. The number of hydrogen-bond donors (Lipinski definition) is 9. The van der Waals surface area contributed by atoms with Gasteiger partial charge in [0.05, 0.1) is 115 Å². The van der Waals surface area contributed by atoms with Gasteiger partial charge in [-0.2, -0.15) is 0 Å². The third-order valence-electron chi connectivity index (χ3n) is 11.6. The highest BCUT2D eigenvalue weighted by molar-refractivity contribution is 6.30. The minimum atomic E-state index is -2.53. The summed E-state index contributed by atoms with van der Waals surface area (Å²) < 4.78 is 54.3. The number of carboxylic acid groups (broad SMARTS) is 1. The number of unbranched alkanes of at least 4 members (excludes halogenated alkanes) is 3. The molecule has 29 heteroatoms. The Kier molecular flexibility index (Phi) is 29.0. The number of aliphatic hydroxyl groups is 4. The van der Waals surface area contributed by atoms with Crippen molar-refractivity contribution >= 4 is 53.0 Å². The number of imide groups is 1. The van der Waals surface area contributed by atoms with Crippen LogP contribution in [0.25, 0.3) is 0 Å². The fourth-order valence-corrected chi connectivity index (χ4v) is 7.67. The smallest absolute Gasteiger partial charge is 0.364 e. The quantitative estimate of drug-likeness (QED) is 0.0249. The second-order valence-electron chi connectivity index (χ2n) is 17.5. The maximum absolute atomic E-state index is 13.8. The summed E-state index contributed by atoms with van der Waals surface area (Å²) in [6.45, 7) is 2.26. The maximum Gasteiger partial charge on any atom is 0.364 e. The molecular formula is C48H70ClFN8O19. The van der Waals surface area contributed by atoms with Crippen molar-refractivity contribution in [1.29, 1.82) is 0 Å². The van der Waals surface area contributed by atoms with Crippen LogP contribution in [0.3, 0.4) is 0 Å². The molecule has 0 aliphatic carbocycles. The molecule has 2 aliphatic rings. The van der Waals surface area contributed by atoms with Crippen LogP contribution in [0.2, 0.25) is 5.02 Å². The van der Waals surface area contributed by atoms with E-state index in [-0.39, 0.29) is 87.7 Å². The summed E-state index contributed by atoms with van der Waals surface area (Å²) in [5.74, 6) is -7.85. The number of hydrogen-bond acceptors (Lipinski definition) is 20. The van der Waals surface area contributed by atoms with Gasteiger partial charge in [-0.3, -0.25) is 33.7 Å². The minimum Gasteiger partial charge on any atom is -0.477 e. The van der Waals surface area contributed by atoms with Crippen LogP contribution in [0, 0.1) is 5.82 Å². The van der Waals surface area contributed by atoms with Crippen molar-refractivity contribution in [3.05, 3.63) is 58.6 Å². The fraction of sp³-hybridized carbons (Fsp3) is 0.646. The van der Waals surface area contributed by atoms with Gasteiger partial charge in [0.25, 0.3) is 17.6 Å². The van der Waals surface area contributed by atoms with Crippen LogP contribution in [0.5, 0.6) is 0 Å². The van der Waals surface area contributed by atoms with Crippen LogP contribution < -0.4 is 21.3 Å². The van der Waals surface area contributed by atoms with Crippen molar-refractivity contribution in [3.63, 3.8) is 0 Å². The van der Waals surface area contributed by atoms with Crippen LogP contribution in [-0.4, -0.2) is 222 Å². The molecule has 0 radical (unpaired) electrons. The Morgan fingerprint density at radius 1 is 0.792 bits per heavy atom. The molecule has 0 saturated carbocycles. The molecule has 1 fully saturated rings. The molecule has 6 amide bonds. The zero-order valence-corrected chi connectivity index (χ0v) is 43.3. The van der Waals surface area contributed by atoms with E-state index in [1.165, 1.54) is 24.3 Å². The molecule has 430 valence electrons. The standard InChI is InChI=1S/C48H70ClFN8O19/c49-34-7-6-32(25-35(34)50)26-40(64)53-28-37(61)45(68)46-44(54-41(65)30-59)36(60)27-48(77-46,47(69)70)76-15-4-2-1-3-5-38(62)52-12-17-75-31-33-29-57(56-55-33)14-18-72-20-22-74-24-23-73-21-19-71-16-10-39(63)51-11-13-58-42(66)8-9-43(58)67/h6-9,25,29,36-37,44-46,59-61,68H,1-5,10-24,26-28,30-31H2,(H,51,63)(H,52,62)(H,53,64)(H,54,65)(H,69,70)/t36-,37+,44+,45+,46+,48+/m0/s1. The maximum atomic E-state index is 13.8. The lowest BCUT2D eigenvalue weighted by atomic mass is 9.88. The predicted molar refractivity (Wildman–Crippen MR) is 264 cm³/mol. The molecule has 2 aromatic rings. The van der Waals surface area contributed by atoms with E-state index < -0.39 is 91.2 Å². The van der Waals surface area contributed by atoms with Crippen molar-refractivity contribution in [2.24, 2.45) is 0 Å². The number of aliphatic carboxylic acids is 1. The third-order valence-corrected chi connectivity index (χ3v) is 11.9. The number of carboxylic acids is 1. The molecule has 0 unspecified atom stereocenters. The molecule has 4 rings (SSSR count). The highest BCUT2D eigenvalue weighted by Crippen LogP contribution is 2.34. The van der Waals surface area contributed by atoms with Crippen LogP contribution >= 0.6 is 11.6 Å². The average Bonchev–Trinajstić information content (AvgIpc) is 4.00. The van der Waals surface area contributed by atoms with E-state index in [0.29, 0.717) is 84.2 Å². The third kappa shape index (κ3) is 23.5. The summed E-state index contributed by atoms with van der Waals surface area (Å²) in [5.41, 5.74) is 0.861. The van der Waals surface area contributed by atoms with E-state index in [9.17, 15) is 63.5 Å². The number of carbonyl (C=O) groups is 7. The molecule has 0 spiro atoms. The number of rotatable bonds is 40. The van der Waals surface area contributed by atoms with Gasteiger partial charge in [0, 0.05) is 57.6 Å². The van der Waals surface area contributed by atoms with Gasteiger partial charge < -0.3 is 80.0 Å². The van der Waals surface area contributed by atoms with Crippen molar-refractivity contribution in [1.82, 2.24) is 41.2 Å². The first-order valence-electron chi connectivity index (χ1n) is 25.1. The lowest BCUT2D eigenvalue weighted by molar-refractivity contribution is -0.310. The number of aromatic nitrogens is 3. The van der Waals surface area contributed by atoms with Crippen LogP contribution in [0.4, 0.5) is 4.39 Å². The normalized spacial score (nSPS) is 19.0. The summed E-state index contributed by atoms with van der Waals surface area (Å²) in [5, 5.41) is 70.4. The Labute approximate surface area is 448 Å². The first-order valence-corrected chi connectivity index (χ1v) is 25.4. The highest BCUT2D eigenvalue weighted by Gasteiger charge is 2.55. The number of nitrogens with zero attached hydrogens (tertiary/aromatic N) is 4. The molecular weight excluding hydrogens is 1050 g/mol. The second kappa shape index (κ2) is 35.0. The van der Waals surface area contributed by atoms with Gasteiger partial charge in [0.15, 0.2) is 0 Å². The topological polar surface area (TPSA) is 367 Å². The van der Waals surface area contributed by atoms with Crippen molar-refractivity contribution in [2.45, 2.75) is 101 Å². The number of ether oxygens (including phenoxy) is 7. The van der Waals surface area contributed by atoms with Gasteiger partial charge in [-0.05, 0) is 30.5 Å². The van der Waals surface area contributed by atoms with Crippen LogP contribution in [0.15, 0.2) is 36.5 Å². The first-order chi connectivity index (χ1) is 37.0. The second-order valence-corrected chi connectivity index (χ2v) is 18.0. The molecule has 1 aromatic heterocycles. The van der Waals surface area contributed by atoms with Gasteiger partial charge in [0.2, 0.25) is 23.6 Å². The van der Waals surface area contributed by atoms with E-state index >= 15 is 0 Å². The van der Waals surface area contributed by atoms with E-state index in [1.54, 1.807) is 10.9 Å². The van der Waals surface area contributed by atoms with Gasteiger partial charge in [-0.15, -0.1) is 5.10 Å². The number of benzene rings is 1. The van der Waals surface area contributed by atoms with Gasteiger partial charge in [-0.25, -0.2) is 13.9 Å². The average molecular weight is 1120 g/mol. The summed E-state index contributed by atoms with van der Waals surface area (Å²) in [6.07, 6.45) is -2.05. The molecule has 1 saturated heterocycles. The Morgan fingerprint density at radius 3 is 2.12 bits per heavy atom. The number of halogens is 2. The zero-order chi connectivity index (χ0) is 56.0. The monoisotopic (exact) mass is 1120 g/mol. The van der Waals surface area contributed by atoms with E-state index in [0.717, 1.165) is 11.0 Å². The number of amides is 6. The Morgan fingerprint density at radius 2 is 1.44 bits per heavy atom. The summed E-state index contributed by atoms with van der Waals surface area (Å²) in [7, 11) is 0. The van der Waals surface area contributed by atoms with Gasteiger partial charge in [0.1, 0.15) is 30.3 Å². The fourth-order valence-electron chi connectivity index (χ4n) is 7.55. The van der Waals surface area contributed by atoms with Crippen LogP contribution in [-0.2, 0) is 86.3 Å². The molecule has 77 heavy (non-hydrogen) atoms. The molecule has 27 nitrogen and oxygen atoms in total. The van der Waals surface area contributed by atoms with E-state index in [1.807, 2.05) is 0 Å². The van der Waals surface area contributed by atoms with Crippen molar-refractivity contribution in [3.8, 4) is 0 Å². The Hall–Kier alpha value is -5.63. The minimum absolute atomic E-state index is 0.109. The Bertz CT molecular complexity index is 2210. The lowest BCUT2D eigenvalue weighted by Crippen LogP contribution is -2.68. The van der Waals surface area contributed by atoms with Gasteiger partial charge in [-0.1, -0.05) is 35.7 Å². The molecule has 3 heterocycles. The first kappa shape index (κ1) is 63.9.